The number of oxime groups is 1. The van der Waals surface area contributed by atoms with Crippen molar-refractivity contribution in [3.05, 3.63) is 52.4 Å². The number of benzene rings is 1. The molecule has 0 fully saturated rings. The van der Waals surface area contributed by atoms with Gasteiger partial charge in [0.15, 0.2) is 0 Å². The Hall–Kier alpha value is -2.56. The number of nitrogens with zero attached hydrogens (tertiary/aromatic N) is 3. The molecule has 2 aromatic heterocycles. The lowest BCUT2D eigenvalue weighted by atomic mass is 10.3. The molecule has 0 aliphatic heterocycles. The lowest BCUT2D eigenvalue weighted by molar-refractivity contribution is 0.322. The fraction of sp³-hybridized carbons (Fsp3) is 0.143. The molecule has 5 heteroatoms. The summed E-state index contributed by atoms with van der Waals surface area (Å²) in [7, 11) is 0. The zero-order chi connectivity index (χ0) is 13.4. The molecular weight excluding hydrogens is 242 g/mol. The first-order chi connectivity index (χ1) is 9.26. The second-order valence-corrected chi connectivity index (χ2v) is 4.31. The lowest BCUT2D eigenvalue weighted by Crippen LogP contribution is -2.21. The molecule has 0 saturated heterocycles. The molecule has 0 saturated carbocycles. The molecule has 3 rings (SSSR count). The average molecular weight is 255 g/mol. The smallest absolute Gasteiger partial charge is 0.275 e. The summed E-state index contributed by atoms with van der Waals surface area (Å²) in [6.45, 7) is 2.56. The zero-order valence-electron chi connectivity index (χ0n) is 10.4. The minimum atomic E-state index is -0.0428. The van der Waals surface area contributed by atoms with Crippen molar-refractivity contribution in [2.75, 3.05) is 0 Å². The summed E-state index contributed by atoms with van der Waals surface area (Å²) >= 11 is 0. The molecule has 0 aliphatic rings. The van der Waals surface area contributed by atoms with Crippen molar-refractivity contribution in [1.29, 1.82) is 0 Å². The predicted octanol–water partition coefficient (Wildman–Crippen LogP) is 2.08. The number of aromatic nitrogens is 2. The van der Waals surface area contributed by atoms with Crippen LogP contribution in [-0.4, -0.2) is 20.4 Å². The van der Waals surface area contributed by atoms with E-state index in [1.54, 1.807) is 16.8 Å². The number of para-hydroxylation sites is 2. The van der Waals surface area contributed by atoms with Gasteiger partial charge in [-0.3, -0.25) is 4.79 Å². The van der Waals surface area contributed by atoms with E-state index in [-0.39, 0.29) is 5.56 Å². The van der Waals surface area contributed by atoms with Crippen LogP contribution in [0.25, 0.3) is 16.6 Å². The summed E-state index contributed by atoms with van der Waals surface area (Å²) in [4.78, 5) is 12.4. The van der Waals surface area contributed by atoms with Gasteiger partial charge < -0.3 is 14.2 Å². The Kier molecular flexibility index (Phi) is 2.59. The van der Waals surface area contributed by atoms with Crippen LogP contribution in [0.1, 0.15) is 12.5 Å². The molecular formula is C14H13N3O2. The fourth-order valence-electron chi connectivity index (χ4n) is 2.44. The SMILES string of the molecule is CCn1c(=O)c2cc(C=NO)cn2c2ccccc21. The van der Waals surface area contributed by atoms with E-state index in [0.29, 0.717) is 17.6 Å². The predicted molar refractivity (Wildman–Crippen MR) is 74.2 cm³/mol. The van der Waals surface area contributed by atoms with E-state index < -0.39 is 0 Å². The van der Waals surface area contributed by atoms with E-state index in [0.717, 1.165) is 11.0 Å². The van der Waals surface area contributed by atoms with Crippen LogP contribution < -0.4 is 5.56 Å². The summed E-state index contributed by atoms with van der Waals surface area (Å²) in [5.41, 5.74) is 3.08. The van der Waals surface area contributed by atoms with E-state index in [2.05, 4.69) is 5.16 Å². The maximum Gasteiger partial charge on any atom is 0.275 e. The normalized spacial score (nSPS) is 11.8. The highest BCUT2D eigenvalue weighted by atomic mass is 16.4. The van der Waals surface area contributed by atoms with Crippen molar-refractivity contribution in [2.24, 2.45) is 5.16 Å². The van der Waals surface area contributed by atoms with Crippen molar-refractivity contribution >= 4 is 22.8 Å². The molecule has 1 aromatic carbocycles. The molecule has 0 spiro atoms. The number of aryl methyl sites for hydroxylation is 1. The van der Waals surface area contributed by atoms with Crippen molar-refractivity contribution in [2.45, 2.75) is 13.5 Å². The van der Waals surface area contributed by atoms with E-state index in [9.17, 15) is 4.79 Å². The van der Waals surface area contributed by atoms with Gasteiger partial charge in [-0.1, -0.05) is 17.3 Å². The highest BCUT2D eigenvalue weighted by Gasteiger charge is 2.10. The average Bonchev–Trinajstić information content (AvgIpc) is 2.84. The summed E-state index contributed by atoms with van der Waals surface area (Å²) in [5, 5.41) is 11.6. The molecule has 2 heterocycles. The van der Waals surface area contributed by atoms with Gasteiger partial charge in [-0.05, 0) is 25.1 Å². The van der Waals surface area contributed by atoms with Crippen LogP contribution in [0.4, 0.5) is 0 Å². The molecule has 0 radical (unpaired) electrons. The van der Waals surface area contributed by atoms with Crippen LogP contribution in [0.5, 0.6) is 0 Å². The molecule has 5 nitrogen and oxygen atoms in total. The van der Waals surface area contributed by atoms with Crippen LogP contribution in [0.2, 0.25) is 0 Å². The van der Waals surface area contributed by atoms with Gasteiger partial charge in [0, 0.05) is 18.3 Å². The van der Waals surface area contributed by atoms with Crippen LogP contribution in [0, 0.1) is 0 Å². The molecule has 0 atom stereocenters. The first-order valence-corrected chi connectivity index (χ1v) is 6.07. The third-order valence-electron chi connectivity index (χ3n) is 3.26. The minimum Gasteiger partial charge on any atom is -0.411 e. The Balaban J connectivity index is 2.55. The third-order valence-corrected chi connectivity index (χ3v) is 3.26. The molecule has 0 aliphatic carbocycles. The Morgan fingerprint density at radius 1 is 1.26 bits per heavy atom. The first kappa shape index (κ1) is 11.5. The topological polar surface area (TPSA) is 59.0 Å². The second-order valence-electron chi connectivity index (χ2n) is 4.31. The van der Waals surface area contributed by atoms with Crippen molar-refractivity contribution in [3.63, 3.8) is 0 Å². The molecule has 0 unspecified atom stereocenters. The summed E-state index contributed by atoms with van der Waals surface area (Å²) in [6.07, 6.45) is 3.11. The Morgan fingerprint density at radius 3 is 2.68 bits per heavy atom. The molecule has 19 heavy (non-hydrogen) atoms. The third kappa shape index (κ3) is 1.62. The molecule has 0 bridgehead atoms. The van der Waals surface area contributed by atoms with Crippen LogP contribution in [-0.2, 0) is 6.54 Å². The van der Waals surface area contributed by atoms with Gasteiger partial charge in [-0.2, -0.15) is 0 Å². The zero-order valence-corrected chi connectivity index (χ0v) is 10.4. The number of hydrogen-bond donors (Lipinski definition) is 1. The maximum atomic E-state index is 12.4. The van der Waals surface area contributed by atoms with Crippen LogP contribution in [0.15, 0.2) is 46.5 Å². The fourth-order valence-corrected chi connectivity index (χ4v) is 2.44. The highest BCUT2D eigenvalue weighted by Crippen LogP contribution is 2.16. The highest BCUT2D eigenvalue weighted by molar-refractivity contribution is 5.85. The van der Waals surface area contributed by atoms with E-state index in [1.165, 1.54) is 6.21 Å². The number of hydrogen-bond acceptors (Lipinski definition) is 3. The largest absolute Gasteiger partial charge is 0.411 e. The summed E-state index contributed by atoms with van der Waals surface area (Å²) in [6, 6.07) is 9.47. The quantitative estimate of drug-likeness (QED) is 0.433. The molecule has 0 amide bonds. The van der Waals surface area contributed by atoms with E-state index in [4.69, 9.17) is 5.21 Å². The van der Waals surface area contributed by atoms with E-state index in [1.807, 2.05) is 35.6 Å². The standard InChI is InChI=1S/C14H13N3O2/c1-2-16-11-5-3-4-6-12(11)17-9-10(8-15-19)7-13(17)14(16)18/h3-9,19H,2H2,1H3. The maximum absolute atomic E-state index is 12.4. The molecule has 3 aromatic rings. The molecule has 1 N–H and O–H groups in total. The van der Waals surface area contributed by atoms with Gasteiger partial charge in [0.25, 0.3) is 5.56 Å². The Bertz CT molecular complexity index is 843. The second kappa shape index (κ2) is 4.28. The minimum absolute atomic E-state index is 0.0428. The summed E-state index contributed by atoms with van der Waals surface area (Å²) in [5.74, 6) is 0. The van der Waals surface area contributed by atoms with Gasteiger partial charge in [-0.25, -0.2) is 0 Å². The van der Waals surface area contributed by atoms with Crippen molar-refractivity contribution < 1.29 is 5.21 Å². The summed E-state index contributed by atoms with van der Waals surface area (Å²) < 4.78 is 3.57. The number of rotatable bonds is 2. The van der Waals surface area contributed by atoms with Gasteiger partial charge in [-0.15, -0.1) is 0 Å². The van der Waals surface area contributed by atoms with Gasteiger partial charge >= 0.3 is 0 Å². The first-order valence-electron chi connectivity index (χ1n) is 6.07. The number of fused-ring (bicyclic) bond motifs is 3. The van der Waals surface area contributed by atoms with E-state index >= 15 is 0 Å². The van der Waals surface area contributed by atoms with Crippen molar-refractivity contribution in [3.8, 4) is 0 Å². The Labute approximate surface area is 109 Å². The monoisotopic (exact) mass is 255 g/mol. The van der Waals surface area contributed by atoms with Gasteiger partial charge in [0.05, 0.1) is 17.2 Å². The lowest BCUT2D eigenvalue weighted by Gasteiger charge is -2.09. The molecule has 96 valence electrons. The van der Waals surface area contributed by atoms with Crippen molar-refractivity contribution in [1.82, 2.24) is 8.97 Å². The van der Waals surface area contributed by atoms with Gasteiger partial charge in [0.2, 0.25) is 0 Å². The van der Waals surface area contributed by atoms with Gasteiger partial charge in [0.1, 0.15) is 5.52 Å². The van der Waals surface area contributed by atoms with Crippen LogP contribution in [0.3, 0.4) is 0 Å². The van der Waals surface area contributed by atoms with Crippen LogP contribution >= 0.6 is 0 Å². The Morgan fingerprint density at radius 2 is 2.00 bits per heavy atom.